The summed E-state index contributed by atoms with van der Waals surface area (Å²) in [6.07, 6.45) is 1.17. The first-order valence-corrected chi connectivity index (χ1v) is 6.97. The third kappa shape index (κ3) is 2.96. The van der Waals surface area contributed by atoms with Crippen molar-refractivity contribution in [2.75, 3.05) is 24.6 Å². The fraction of sp³-hybridized carbons (Fsp3) is 0.600. The van der Waals surface area contributed by atoms with E-state index in [1.54, 1.807) is 0 Å². The average molecular weight is 248 g/mol. The van der Waals surface area contributed by atoms with Gasteiger partial charge in [-0.05, 0) is 32.4 Å². The monoisotopic (exact) mass is 248 g/mol. The lowest BCUT2D eigenvalue weighted by molar-refractivity contribution is 0.339. The highest BCUT2D eigenvalue weighted by atomic mass is 16.5. The van der Waals surface area contributed by atoms with E-state index in [1.807, 2.05) is 13.0 Å². The van der Waals surface area contributed by atoms with Gasteiger partial charge in [-0.1, -0.05) is 13.0 Å². The van der Waals surface area contributed by atoms with Crippen LogP contribution < -0.4 is 15.0 Å². The minimum atomic E-state index is 0.532. The number of piperazine rings is 1. The number of anilines is 1. The molecule has 1 fully saturated rings. The molecule has 0 aliphatic carbocycles. The number of rotatable bonds is 4. The van der Waals surface area contributed by atoms with Gasteiger partial charge in [-0.3, -0.25) is 0 Å². The Morgan fingerprint density at radius 1 is 1.39 bits per heavy atom. The van der Waals surface area contributed by atoms with Crippen molar-refractivity contribution in [3.05, 3.63) is 24.3 Å². The van der Waals surface area contributed by atoms with Crippen LogP contribution in [0.2, 0.25) is 0 Å². The van der Waals surface area contributed by atoms with Gasteiger partial charge < -0.3 is 15.0 Å². The van der Waals surface area contributed by atoms with Crippen LogP contribution in [0, 0.1) is 0 Å². The number of benzene rings is 1. The van der Waals surface area contributed by atoms with Crippen molar-refractivity contribution in [2.24, 2.45) is 0 Å². The van der Waals surface area contributed by atoms with Crippen LogP contribution in [-0.2, 0) is 0 Å². The van der Waals surface area contributed by atoms with E-state index in [-0.39, 0.29) is 0 Å². The highest BCUT2D eigenvalue weighted by Gasteiger charge is 2.24. The molecule has 3 heteroatoms. The molecule has 1 saturated heterocycles. The van der Waals surface area contributed by atoms with Gasteiger partial charge in [0.1, 0.15) is 5.75 Å². The summed E-state index contributed by atoms with van der Waals surface area (Å²) in [5, 5.41) is 3.59. The topological polar surface area (TPSA) is 24.5 Å². The minimum Gasteiger partial charge on any atom is -0.494 e. The predicted molar refractivity (Wildman–Crippen MR) is 76.5 cm³/mol. The molecule has 2 unspecified atom stereocenters. The molecule has 1 N–H and O–H groups in total. The Kier molecular flexibility index (Phi) is 4.48. The molecule has 18 heavy (non-hydrogen) atoms. The first-order chi connectivity index (χ1) is 8.74. The fourth-order valence-electron chi connectivity index (χ4n) is 2.48. The molecule has 1 aliphatic heterocycles. The molecule has 0 amide bonds. The summed E-state index contributed by atoms with van der Waals surface area (Å²) in [4.78, 5) is 2.48. The first-order valence-electron chi connectivity index (χ1n) is 6.97. The van der Waals surface area contributed by atoms with Crippen LogP contribution in [-0.4, -0.2) is 31.8 Å². The van der Waals surface area contributed by atoms with Gasteiger partial charge in [0.05, 0.1) is 6.61 Å². The maximum atomic E-state index is 5.58. The van der Waals surface area contributed by atoms with Crippen LogP contribution >= 0.6 is 0 Å². The normalized spacial score (nSPS) is 24.1. The molecule has 0 bridgehead atoms. The van der Waals surface area contributed by atoms with E-state index in [0.29, 0.717) is 12.1 Å². The van der Waals surface area contributed by atoms with Crippen molar-refractivity contribution in [2.45, 2.75) is 39.3 Å². The van der Waals surface area contributed by atoms with Crippen LogP contribution in [0.1, 0.15) is 27.2 Å². The Labute approximate surface area is 110 Å². The molecule has 100 valence electrons. The van der Waals surface area contributed by atoms with Gasteiger partial charge in [0.25, 0.3) is 0 Å². The molecule has 1 aromatic rings. The van der Waals surface area contributed by atoms with Gasteiger partial charge in [0, 0.05) is 36.9 Å². The molecule has 1 aromatic carbocycles. The Morgan fingerprint density at radius 2 is 2.22 bits per heavy atom. The van der Waals surface area contributed by atoms with Crippen LogP contribution in [0.4, 0.5) is 5.69 Å². The van der Waals surface area contributed by atoms with E-state index < -0.39 is 0 Å². The lowest BCUT2D eigenvalue weighted by Gasteiger charge is -2.40. The Morgan fingerprint density at radius 3 is 2.94 bits per heavy atom. The van der Waals surface area contributed by atoms with E-state index in [4.69, 9.17) is 4.74 Å². The smallest absolute Gasteiger partial charge is 0.121 e. The lowest BCUT2D eigenvalue weighted by atomic mass is 10.1. The highest BCUT2D eigenvalue weighted by Crippen LogP contribution is 2.24. The maximum absolute atomic E-state index is 5.58. The van der Waals surface area contributed by atoms with Crippen molar-refractivity contribution in [1.29, 1.82) is 0 Å². The summed E-state index contributed by atoms with van der Waals surface area (Å²) < 4.78 is 5.58. The average Bonchev–Trinajstić information content (AvgIpc) is 2.40. The highest BCUT2D eigenvalue weighted by molar-refractivity contribution is 5.52. The minimum absolute atomic E-state index is 0.532. The maximum Gasteiger partial charge on any atom is 0.121 e. The third-order valence-electron chi connectivity index (χ3n) is 3.60. The largest absolute Gasteiger partial charge is 0.494 e. The third-order valence-corrected chi connectivity index (χ3v) is 3.60. The zero-order valence-electron chi connectivity index (χ0n) is 11.6. The zero-order chi connectivity index (χ0) is 13.0. The van der Waals surface area contributed by atoms with Crippen LogP contribution in [0.5, 0.6) is 5.75 Å². The zero-order valence-corrected chi connectivity index (χ0v) is 11.6. The lowest BCUT2D eigenvalue weighted by Crippen LogP contribution is -2.55. The standard InChI is InChI=1S/C15H24N2O/c1-4-13-11-17(12(3)10-16-13)14-7-6-8-15(9-14)18-5-2/h6-9,12-13,16H,4-5,10-11H2,1-3H3. The molecular weight excluding hydrogens is 224 g/mol. The number of nitrogens with one attached hydrogen (secondary N) is 1. The van der Waals surface area contributed by atoms with Gasteiger partial charge in [0.2, 0.25) is 0 Å². The SMILES string of the molecule is CCOc1cccc(N2CC(CC)NCC2C)c1. The molecule has 3 nitrogen and oxygen atoms in total. The van der Waals surface area contributed by atoms with Gasteiger partial charge in [-0.25, -0.2) is 0 Å². The second kappa shape index (κ2) is 6.10. The molecule has 0 saturated carbocycles. The number of hydrogen-bond donors (Lipinski definition) is 1. The number of ether oxygens (including phenoxy) is 1. The van der Waals surface area contributed by atoms with E-state index in [2.05, 4.69) is 42.3 Å². The van der Waals surface area contributed by atoms with Gasteiger partial charge in [-0.2, -0.15) is 0 Å². The second-order valence-electron chi connectivity index (χ2n) is 4.95. The molecule has 0 spiro atoms. The van der Waals surface area contributed by atoms with E-state index in [1.165, 1.54) is 12.1 Å². The van der Waals surface area contributed by atoms with Crippen molar-refractivity contribution in [3.8, 4) is 5.75 Å². The van der Waals surface area contributed by atoms with Crippen LogP contribution in [0.3, 0.4) is 0 Å². The summed E-state index contributed by atoms with van der Waals surface area (Å²) in [5.41, 5.74) is 1.27. The van der Waals surface area contributed by atoms with Gasteiger partial charge in [-0.15, -0.1) is 0 Å². The van der Waals surface area contributed by atoms with E-state index >= 15 is 0 Å². The number of nitrogens with zero attached hydrogens (tertiary/aromatic N) is 1. The van der Waals surface area contributed by atoms with E-state index in [9.17, 15) is 0 Å². The summed E-state index contributed by atoms with van der Waals surface area (Å²) in [7, 11) is 0. The Bertz CT molecular complexity index is 381. The number of hydrogen-bond acceptors (Lipinski definition) is 3. The van der Waals surface area contributed by atoms with Crippen LogP contribution in [0.15, 0.2) is 24.3 Å². The molecule has 2 atom stereocenters. The molecule has 0 aromatic heterocycles. The summed E-state index contributed by atoms with van der Waals surface area (Å²) in [6.45, 7) is 9.38. The van der Waals surface area contributed by atoms with Crippen molar-refractivity contribution in [3.63, 3.8) is 0 Å². The Balaban J connectivity index is 2.15. The van der Waals surface area contributed by atoms with Crippen molar-refractivity contribution >= 4 is 5.69 Å². The molecular formula is C15H24N2O. The molecule has 0 radical (unpaired) electrons. The fourth-order valence-corrected chi connectivity index (χ4v) is 2.48. The second-order valence-corrected chi connectivity index (χ2v) is 4.95. The molecule has 1 aliphatic rings. The van der Waals surface area contributed by atoms with E-state index in [0.717, 1.165) is 25.4 Å². The van der Waals surface area contributed by atoms with Gasteiger partial charge in [0.15, 0.2) is 0 Å². The molecule has 1 heterocycles. The van der Waals surface area contributed by atoms with Crippen molar-refractivity contribution < 1.29 is 4.74 Å². The summed E-state index contributed by atoms with van der Waals surface area (Å²) in [5.74, 6) is 0.966. The van der Waals surface area contributed by atoms with Crippen LogP contribution in [0.25, 0.3) is 0 Å². The van der Waals surface area contributed by atoms with Gasteiger partial charge >= 0.3 is 0 Å². The first kappa shape index (κ1) is 13.2. The van der Waals surface area contributed by atoms with Crippen molar-refractivity contribution in [1.82, 2.24) is 5.32 Å². The Hall–Kier alpha value is -1.22. The summed E-state index contributed by atoms with van der Waals surface area (Å²) >= 11 is 0. The summed E-state index contributed by atoms with van der Waals surface area (Å²) in [6, 6.07) is 9.56. The quantitative estimate of drug-likeness (QED) is 0.886. The molecule has 2 rings (SSSR count). The predicted octanol–water partition coefficient (Wildman–Crippen LogP) is 2.66.